The van der Waals surface area contributed by atoms with Gasteiger partial charge in [-0.1, -0.05) is 31.5 Å². The lowest BCUT2D eigenvalue weighted by molar-refractivity contribution is 0.552. The minimum absolute atomic E-state index is 0.259. The number of rotatable bonds is 4. The summed E-state index contributed by atoms with van der Waals surface area (Å²) in [5, 5.41) is 6.19. The first kappa shape index (κ1) is 13.8. The summed E-state index contributed by atoms with van der Waals surface area (Å²) in [4.78, 5) is 5.64. The lowest BCUT2D eigenvalue weighted by Crippen LogP contribution is -2.16. The monoisotopic (exact) mass is 344 g/mol. The van der Waals surface area contributed by atoms with Crippen LogP contribution in [0.2, 0.25) is 5.02 Å². The van der Waals surface area contributed by atoms with Crippen molar-refractivity contribution in [3.8, 4) is 0 Å². The van der Waals surface area contributed by atoms with Gasteiger partial charge in [0.05, 0.1) is 15.5 Å². The molecule has 0 amide bonds. The van der Waals surface area contributed by atoms with Crippen molar-refractivity contribution in [3.05, 3.63) is 44.1 Å². The highest BCUT2D eigenvalue weighted by atomic mass is 79.9. The normalized spacial score (nSPS) is 12.7. The van der Waals surface area contributed by atoms with Crippen LogP contribution in [-0.4, -0.2) is 4.98 Å². The van der Waals surface area contributed by atoms with Crippen LogP contribution in [0, 0.1) is 5.92 Å². The molecule has 1 N–H and O–H groups in total. The summed E-state index contributed by atoms with van der Waals surface area (Å²) in [7, 11) is 0. The molecule has 1 unspecified atom stereocenters. The number of nitrogens with zero attached hydrogens (tertiary/aromatic N) is 1. The van der Waals surface area contributed by atoms with Crippen molar-refractivity contribution in [2.75, 3.05) is 5.32 Å². The van der Waals surface area contributed by atoms with E-state index in [0.29, 0.717) is 10.9 Å². The Bertz CT molecular complexity index is 514. The van der Waals surface area contributed by atoms with E-state index in [1.807, 2.05) is 6.07 Å². The second kappa shape index (κ2) is 6.04. The van der Waals surface area contributed by atoms with Gasteiger partial charge in [-0.25, -0.2) is 4.98 Å². The molecule has 0 radical (unpaired) electrons. The van der Waals surface area contributed by atoms with Crippen LogP contribution in [0.1, 0.15) is 24.8 Å². The maximum Gasteiger partial charge on any atom is 0.140 e. The molecule has 0 saturated carbocycles. The summed E-state index contributed by atoms with van der Waals surface area (Å²) in [6.07, 6.45) is 1.65. The fourth-order valence-corrected chi connectivity index (χ4v) is 3.40. The third-order valence-corrected chi connectivity index (χ3v) is 4.38. The largest absolute Gasteiger partial charge is 0.361 e. The molecule has 18 heavy (non-hydrogen) atoms. The zero-order chi connectivity index (χ0) is 13.1. The quantitative estimate of drug-likeness (QED) is 0.806. The summed E-state index contributed by atoms with van der Waals surface area (Å²) in [6, 6.07) is 6.32. The SMILES string of the molecule is CC(C)C(Nc1ncc(Cl)cc1Br)c1cccs1. The van der Waals surface area contributed by atoms with Crippen LogP contribution in [0.5, 0.6) is 0 Å². The van der Waals surface area contributed by atoms with Crippen molar-refractivity contribution in [2.24, 2.45) is 5.92 Å². The number of hydrogen-bond acceptors (Lipinski definition) is 3. The molecule has 0 saturated heterocycles. The summed E-state index contributed by atoms with van der Waals surface area (Å²) >= 11 is 11.1. The van der Waals surface area contributed by atoms with Crippen LogP contribution in [0.3, 0.4) is 0 Å². The Morgan fingerprint density at radius 1 is 1.44 bits per heavy atom. The van der Waals surface area contributed by atoms with Gasteiger partial charge < -0.3 is 5.32 Å². The summed E-state index contributed by atoms with van der Waals surface area (Å²) < 4.78 is 0.886. The average Bonchev–Trinajstić information content (AvgIpc) is 2.80. The zero-order valence-electron chi connectivity index (χ0n) is 10.2. The van der Waals surface area contributed by atoms with E-state index < -0.39 is 0 Å². The molecule has 2 aromatic rings. The van der Waals surface area contributed by atoms with Crippen LogP contribution in [-0.2, 0) is 0 Å². The third-order valence-electron chi connectivity index (χ3n) is 2.62. The second-order valence-electron chi connectivity index (χ2n) is 4.37. The number of anilines is 1. The van der Waals surface area contributed by atoms with Crippen molar-refractivity contribution in [1.82, 2.24) is 4.98 Å². The first-order chi connectivity index (χ1) is 8.58. The molecule has 96 valence electrons. The van der Waals surface area contributed by atoms with Gasteiger partial charge in [0.25, 0.3) is 0 Å². The van der Waals surface area contributed by atoms with E-state index in [0.717, 1.165) is 10.3 Å². The standard InChI is InChI=1S/C13H14BrClN2S/c1-8(2)12(11-4-3-5-18-11)17-13-10(14)6-9(15)7-16-13/h3-8,12H,1-2H3,(H,16,17). The minimum atomic E-state index is 0.259. The molecule has 1 atom stereocenters. The molecule has 0 fully saturated rings. The van der Waals surface area contributed by atoms with Gasteiger partial charge in [-0.15, -0.1) is 11.3 Å². The van der Waals surface area contributed by atoms with Gasteiger partial charge in [0.2, 0.25) is 0 Å². The average molecular weight is 346 g/mol. The number of aromatic nitrogens is 1. The van der Waals surface area contributed by atoms with E-state index in [4.69, 9.17) is 11.6 Å². The smallest absolute Gasteiger partial charge is 0.140 e. The molecule has 0 aliphatic rings. The van der Waals surface area contributed by atoms with Gasteiger partial charge in [0.15, 0.2) is 0 Å². The van der Waals surface area contributed by atoms with Crippen LogP contribution in [0.4, 0.5) is 5.82 Å². The molecule has 2 nitrogen and oxygen atoms in total. The molecular weight excluding hydrogens is 332 g/mol. The van der Waals surface area contributed by atoms with E-state index in [-0.39, 0.29) is 6.04 Å². The van der Waals surface area contributed by atoms with Crippen molar-refractivity contribution in [1.29, 1.82) is 0 Å². The number of hydrogen-bond donors (Lipinski definition) is 1. The maximum absolute atomic E-state index is 5.90. The highest BCUT2D eigenvalue weighted by Crippen LogP contribution is 2.32. The molecule has 5 heteroatoms. The Morgan fingerprint density at radius 2 is 2.22 bits per heavy atom. The number of thiophene rings is 1. The molecule has 2 aromatic heterocycles. The van der Waals surface area contributed by atoms with E-state index in [2.05, 4.69) is 57.6 Å². The fourth-order valence-electron chi connectivity index (χ4n) is 1.70. The molecule has 2 heterocycles. The van der Waals surface area contributed by atoms with Gasteiger partial charge in [0, 0.05) is 11.1 Å². The first-order valence-electron chi connectivity index (χ1n) is 5.69. The summed E-state index contributed by atoms with van der Waals surface area (Å²) in [6.45, 7) is 4.39. The predicted octanol–water partition coefficient (Wildman–Crippen LogP) is 5.37. The summed E-state index contributed by atoms with van der Waals surface area (Å²) in [5.41, 5.74) is 0. The number of pyridine rings is 1. The Balaban J connectivity index is 2.24. The molecular formula is C13H14BrClN2S. The molecule has 0 spiro atoms. The van der Waals surface area contributed by atoms with E-state index in [9.17, 15) is 0 Å². The topological polar surface area (TPSA) is 24.9 Å². The Kier molecular flexibility index (Phi) is 4.65. The Morgan fingerprint density at radius 3 is 2.78 bits per heavy atom. The van der Waals surface area contributed by atoms with Gasteiger partial charge in [-0.2, -0.15) is 0 Å². The third kappa shape index (κ3) is 3.25. The van der Waals surface area contributed by atoms with Gasteiger partial charge >= 0.3 is 0 Å². The fraction of sp³-hybridized carbons (Fsp3) is 0.308. The van der Waals surface area contributed by atoms with Crippen molar-refractivity contribution in [3.63, 3.8) is 0 Å². The zero-order valence-corrected chi connectivity index (χ0v) is 13.3. The highest BCUT2D eigenvalue weighted by Gasteiger charge is 2.18. The Hall–Kier alpha value is -0.580. The van der Waals surface area contributed by atoms with Crippen LogP contribution in [0.15, 0.2) is 34.2 Å². The molecule has 0 aromatic carbocycles. The molecule has 0 bridgehead atoms. The van der Waals surface area contributed by atoms with Crippen LogP contribution < -0.4 is 5.32 Å². The van der Waals surface area contributed by atoms with Crippen molar-refractivity contribution in [2.45, 2.75) is 19.9 Å². The number of nitrogens with one attached hydrogen (secondary N) is 1. The van der Waals surface area contributed by atoms with Crippen LogP contribution >= 0.6 is 38.9 Å². The lowest BCUT2D eigenvalue weighted by Gasteiger charge is -2.22. The summed E-state index contributed by atoms with van der Waals surface area (Å²) in [5.74, 6) is 1.31. The molecule has 0 aliphatic heterocycles. The first-order valence-corrected chi connectivity index (χ1v) is 7.74. The van der Waals surface area contributed by atoms with Gasteiger partial charge in [-0.05, 0) is 39.4 Å². The van der Waals surface area contributed by atoms with Crippen molar-refractivity contribution < 1.29 is 0 Å². The molecule has 2 rings (SSSR count). The Labute approximate surface area is 125 Å². The van der Waals surface area contributed by atoms with E-state index in [1.165, 1.54) is 4.88 Å². The second-order valence-corrected chi connectivity index (χ2v) is 6.64. The minimum Gasteiger partial charge on any atom is -0.361 e. The van der Waals surface area contributed by atoms with Gasteiger partial charge in [0.1, 0.15) is 5.82 Å². The predicted molar refractivity (Wildman–Crippen MR) is 82.5 cm³/mol. The van der Waals surface area contributed by atoms with E-state index >= 15 is 0 Å². The maximum atomic E-state index is 5.90. The van der Waals surface area contributed by atoms with Crippen LogP contribution in [0.25, 0.3) is 0 Å². The molecule has 0 aliphatic carbocycles. The number of halogens is 2. The van der Waals surface area contributed by atoms with E-state index in [1.54, 1.807) is 17.5 Å². The lowest BCUT2D eigenvalue weighted by atomic mass is 10.0. The highest BCUT2D eigenvalue weighted by molar-refractivity contribution is 9.10. The van der Waals surface area contributed by atoms with Crippen molar-refractivity contribution >= 4 is 44.7 Å². The van der Waals surface area contributed by atoms with Gasteiger partial charge in [-0.3, -0.25) is 0 Å².